The average Bonchev–Trinajstić information content (AvgIpc) is 2.62. The lowest BCUT2D eigenvalue weighted by Crippen LogP contribution is -2.33. The number of rotatable bonds is 3. The Kier molecular flexibility index (Phi) is 4.53. The summed E-state index contributed by atoms with van der Waals surface area (Å²) in [7, 11) is 0. The molecule has 0 aliphatic carbocycles. The maximum atomic E-state index is 12.6. The van der Waals surface area contributed by atoms with Crippen LogP contribution in [0.1, 0.15) is 19.4 Å². The summed E-state index contributed by atoms with van der Waals surface area (Å²) < 4.78 is 10.2. The lowest BCUT2D eigenvalue weighted by molar-refractivity contribution is -0.142. The summed E-state index contributed by atoms with van der Waals surface area (Å²) in [6.07, 6.45) is -1.49. The summed E-state index contributed by atoms with van der Waals surface area (Å²) in [5.74, 6) is -2.66. The monoisotopic (exact) mass is 359 g/mol. The fourth-order valence-electron chi connectivity index (χ4n) is 2.15. The highest BCUT2D eigenvalue weighted by molar-refractivity contribution is 6.36. The number of amides is 1. The molecule has 0 radical (unpaired) electrons. The molecule has 1 heterocycles. The topological polar surface area (TPSA) is 102 Å². The fraction of sp³-hybridized carbons (Fsp3) is 0.214. The maximum Gasteiger partial charge on any atom is 0.411 e. The fourth-order valence-corrected chi connectivity index (χ4v) is 2.91. The van der Waals surface area contributed by atoms with E-state index in [1.165, 1.54) is 19.1 Å². The zero-order chi connectivity index (χ0) is 17.4. The Morgan fingerprint density at radius 3 is 2.35 bits per heavy atom. The lowest BCUT2D eigenvalue weighted by Gasteiger charge is -2.25. The molecule has 0 bridgehead atoms. The molecule has 0 aromatic heterocycles. The molecule has 1 atom stereocenters. The number of Topliss-reactive ketones (excluding diaryl/α,β-unsaturated/α-hetero) is 1. The second-order valence-corrected chi connectivity index (χ2v) is 5.56. The Morgan fingerprint density at radius 2 is 1.87 bits per heavy atom. The van der Waals surface area contributed by atoms with Crippen molar-refractivity contribution in [3.05, 3.63) is 45.5 Å². The number of esters is 1. The number of carbonyl (C=O) groups is 3. The van der Waals surface area contributed by atoms with Crippen LogP contribution in [-0.2, 0) is 24.7 Å². The molecule has 0 spiro atoms. The van der Waals surface area contributed by atoms with Crippen molar-refractivity contribution in [1.82, 2.24) is 5.32 Å². The van der Waals surface area contributed by atoms with Gasteiger partial charge in [-0.05, 0) is 19.1 Å². The molecule has 0 saturated carbocycles. The first-order chi connectivity index (χ1) is 10.7. The molecular formula is C14H11Cl2NO6. The number of hydrogen-bond donors (Lipinski definition) is 2. The predicted octanol–water partition coefficient (Wildman–Crippen LogP) is 2.81. The molecule has 1 amide bonds. The average molecular weight is 360 g/mol. The first-order valence-electron chi connectivity index (χ1n) is 6.27. The van der Waals surface area contributed by atoms with E-state index in [1.54, 1.807) is 6.07 Å². The van der Waals surface area contributed by atoms with Gasteiger partial charge in [0.1, 0.15) is 0 Å². The minimum absolute atomic E-state index is 0.139. The van der Waals surface area contributed by atoms with Crippen LogP contribution in [0.3, 0.4) is 0 Å². The van der Waals surface area contributed by atoms with E-state index in [0.717, 1.165) is 6.92 Å². The molecule has 2 N–H and O–H groups in total. The molecule has 23 heavy (non-hydrogen) atoms. The van der Waals surface area contributed by atoms with Crippen LogP contribution in [0.15, 0.2) is 29.8 Å². The Morgan fingerprint density at radius 1 is 1.30 bits per heavy atom. The van der Waals surface area contributed by atoms with Crippen molar-refractivity contribution in [3.8, 4) is 0 Å². The van der Waals surface area contributed by atoms with Crippen LogP contribution in [0.4, 0.5) is 4.79 Å². The highest BCUT2D eigenvalue weighted by Gasteiger charge is 2.51. The van der Waals surface area contributed by atoms with Crippen molar-refractivity contribution in [2.24, 2.45) is 0 Å². The van der Waals surface area contributed by atoms with Crippen LogP contribution in [0.5, 0.6) is 0 Å². The van der Waals surface area contributed by atoms with E-state index in [4.69, 9.17) is 37.8 Å². The van der Waals surface area contributed by atoms with Gasteiger partial charge in [0.25, 0.3) is 5.78 Å². The van der Waals surface area contributed by atoms with E-state index < -0.39 is 35.1 Å². The molecule has 0 saturated heterocycles. The van der Waals surface area contributed by atoms with Gasteiger partial charge in [0, 0.05) is 22.5 Å². The Bertz CT molecular complexity index is 725. The van der Waals surface area contributed by atoms with E-state index in [-0.39, 0.29) is 15.6 Å². The van der Waals surface area contributed by atoms with Gasteiger partial charge in [-0.2, -0.15) is 0 Å². The number of halogens is 2. The summed E-state index contributed by atoms with van der Waals surface area (Å²) >= 11 is 12.2. The summed E-state index contributed by atoms with van der Waals surface area (Å²) in [6.45, 7) is 2.42. The summed E-state index contributed by atoms with van der Waals surface area (Å²) in [6, 6.07) is 4.57. The number of carbonyl (C=O) groups excluding carboxylic acids is 2. The van der Waals surface area contributed by atoms with Crippen molar-refractivity contribution in [3.63, 3.8) is 0 Å². The summed E-state index contributed by atoms with van der Waals surface area (Å²) in [5.41, 5.74) is -1.60. The van der Waals surface area contributed by atoms with E-state index >= 15 is 0 Å². The number of hydrogen-bond acceptors (Lipinski definition) is 5. The van der Waals surface area contributed by atoms with Gasteiger partial charge in [0.2, 0.25) is 17.2 Å². The summed E-state index contributed by atoms with van der Waals surface area (Å²) in [4.78, 5) is 34.7. The Balaban J connectivity index is 2.54. The minimum Gasteiger partial charge on any atom is -0.465 e. The van der Waals surface area contributed by atoms with Crippen LogP contribution >= 0.6 is 23.2 Å². The molecule has 2 rings (SSSR count). The molecule has 122 valence electrons. The molecule has 0 fully saturated rings. The van der Waals surface area contributed by atoms with Crippen LogP contribution in [0, 0.1) is 0 Å². The van der Waals surface area contributed by atoms with Gasteiger partial charge in [0.05, 0.1) is 0 Å². The van der Waals surface area contributed by atoms with Crippen molar-refractivity contribution in [1.29, 1.82) is 0 Å². The normalized spacial score (nSPS) is 20.3. The van der Waals surface area contributed by atoms with Gasteiger partial charge < -0.3 is 14.6 Å². The highest BCUT2D eigenvalue weighted by Crippen LogP contribution is 2.44. The van der Waals surface area contributed by atoms with Gasteiger partial charge in [-0.15, -0.1) is 0 Å². The van der Waals surface area contributed by atoms with Crippen LogP contribution in [0.25, 0.3) is 0 Å². The van der Waals surface area contributed by atoms with Crippen molar-refractivity contribution in [2.75, 3.05) is 0 Å². The predicted molar refractivity (Wildman–Crippen MR) is 79.9 cm³/mol. The number of nitrogens with one attached hydrogen (secondary N) is 1. The molecule has 1 aromatic carbocycles. The van der Waals surface area contributed by atoms with E-state index in [9.17, 15) is 14.4 Å². The Hall–Kier alpha value is -2.25. The number of ketones is 1. The SMILES string of the molecule is CC(=O)OC1=C(NC(=O)O)OC(C)(c2c(Cl)cccc2Cl)C1=O. The van der Waals surface area contributed by atoms with E-state index in [2.05, 4.69) is 0 Å². The van der Waals surface area contributed by atoms with E-state index in [0.29, 0.717) is 0 Å². The summed E-state index contributed by atoms with van der Waals surface area (Å²) in [5, 5.41) is 11.0. The van der Waals surface area contributed by atoms with Crippen molar-refractivity contribution >= 4 is 41.0 Å². The molecule has 7 nitrogen and oxygen atoms in total. The van der Waals surface area contributed by atoms with Gasteiger partial charge in [0.15, 0.2) is 0 Å². The smallest absolute Gasteiger partial charge is 0.411 e. The number of carboxylic acid groups (broad SMARTS) is 1. The van der Waals surface area contributed by atoms with Gasteiger partial charge in [-0.25, -0.2) is 4.79 Å². The van der Waals surface area contributed by atoms with Gasteiger partial charge in [-0.3, -0.25) is 14.9 Å². The van der Waals surface area contributed by atoms with Crippen LogP contribution in [-0.4, -0.2) is 23.0 Å². The van der Waals surface area contributed by atoms with Crippen LogP contribution < -0.4 is 5.32 Å². The largest absolute Gasteiger partial charge is 0.465 e. The van der Waals surface area contributed by atoms with Gasteiger partial charge >= 0.3 is 12.1 Å². The van der Waals surface area contributed by atoms with Crippen LogP contribution in [0.2, 0.25) is 10.0 Å². The zero-order valence-electron chi connectivity index (χ0n) is 12.0. The molecule has 1 aromatic rings. The van der Waals surface area contributed by atoms with Gasteiger partial charge in [-0.1, -0.05) is 29.3 Å². The second-order valence-electron chi connectivity index (χ2n) is 4.74. The maximum absolute atomic E-state index is 12.6. The third-order valence-corrected chi connectivity index (χ3v) is 3.69. The third-order valence-electron chi connectivity index (χ3n) is 3.06. The first-order valence-corrected chi connectivity index (χ1v) is 7.03. The third kappa shape index (κ3) is 3.11. The molecule has 1 aliphatic rings. The second kappa shape index (κ2) is 6.10. The molecule has 1 unspecified atom stereocenters. The minimum atomic E-state index is -1.74. The first kappa shape index (κ1) is 17.1. The standard InChI is InChI=1S/C14H11Cl2NO6/c1-6(18)22-10-11(19)14(2,23-12(10)17-13(20)21)9-7(15)4-3-5-8(9)16/h3-5,17H,1-2H3,(H,20,21). The highest BCUT2D eigenvalue weighted by atomic mass is 35.5. The number of benzene rings is 1. The quantitative estimate of drug-likeness (QED) is 0.804. The zero-order valence-corrected chi connectivity index (χ0v) is 13.5. The molecule has 1 aliphatic heterocycles. The molecule has 9 heteroatoms. The number of ether oxygens (including phenoxy) is 2. The van der Waals surface area contributed by atoms with E-state index in [1.807, 2.05) is 5.32 Å². The Labute approximate surface area is 140 Å². The van der Waals surface area contributed by atoms with Crippen molar-refractivity contribution in [2.45, 2.75) is 19.4 Å². The lowest BCUT2D eigenvalue weighted by atomic mass is 9.91. The van der Waals surface area contributed by atoms with Crippen molar-refractivity contribution < 1.29 is 29.0 Å². The molecular weight excluding hydrogens is 349 g/mol.